The molecule has 5 rings (SSSR count). The van der Waals surface area contributed by atoms with Crippen molar-refractivity contribution in [3.63, 3.8) is 0 Å². The Morgan fingerprint density at radius 1 is 0.793 bits per heavy atom. The molecule has 3 aromatic rings. The van der Waals surface area contributed by atoms with Crippen molar-refractivity contribution in [1.29, 1.82) is 0 Å². The Kier molecular flexibility index (Phi) is 4.78. The molecule has 0 atom stereocenters. The van der Waals surface area contributed by atoms with E-state index < -0.39 is 0 Å². The van der Waals surface area contributed by atoms with E-state index >= 15 is 0 Å². The summed E-state index contributed by atoms with van der Waals surface area (Å²) in [4.78, 5) is 0. The van der Waals surface area contributed by atoms with Gasteiger partial charge >= 0.3 is 0 Å². The van der Waals surface area contributed by atoms with Crippen LogP contribution >= 0.6 is 0 Å². The summed E-state index contributed by atoms with van der Waals surface area (Å²) < 4.78 is 2.23. The molecule has 1 heterocycles. The number of benzene rings is 2. The molecule has 1 nitrogen and oxygen atoms in total. The number of aryl methyl sites for hydroxylation is 3. The van der Waals surface area contributed by atoms with Crippen molar-refractivity contribution in [1.82, 2.24) is 0 Å². The van der Waals surface area contributed by atoms with Gasteiger partial charge in [-0.3, -0.25) is 0 Å². The molecule has 148 valence electrons. The van der Waals surface area contributed by atoms with Crippen LogP contribution in [-0.4, -0.2) is 0 Å². The largest absolute Gasteiger partial charge is 0.213 e. The van der Waals surface area contributed by atoms with E-state index in [4.69, 9.17) is 0 Å². The third kappa shape index (κ3) is 3.52. The molecule has 0 unspecified atom stereocenters. The van der Waals surface area contributed by atoms with Crippen molar-refractivity contribution in [3.05, 3.63) is 77.5 Å². The highest BCUT2D eigenvalue weighted by Crippen LogP contribution is 2.46. The second-order valence-corrected chi connectivity index (χ2v) is 9.45. The van der Waals surface area contributed by atoms with Gasteiger partial charge in [0, 0.05) is 17.7 Å². The fraction of sp³-hybridized carbons (Fsp3) is 0.393. The van der Waals surface area contributed by atoms with E-state index in [0.29, 0.717) is 5.41 Å². The van der Waals surface area contributed by atoms with Crippen LogP contribution in [0, 0.1) is 12.3 Å². The number of hydrogen-bond acceptors (Lipinski definition) is 0. The van der Waals surface area contributed by atoms with Gasteiger partial charge in [-0.1, -0.05) is 55.7 Å². The molecule has 0 radical (unpaired) electrons. The van der Waals surface area contributed by atoms with E-state index in [-0.39, 0.29) is 0 Å². The number of pyridine rings is 1. The fourth-order valence-electron chi connectivity index (χ4n) is 5.71. The van der Waals surface area contributed by atoms with E-state index in [1.807, 2.05) is 0 Å². The lowest BCUT2D eigenvalue weighted by atomic mass is 9.64. The van der Waals surface area contributed by atoms with Gasteiger partial charge in [-0.15, -0.1) is 0 Å². The van der Waals surface area contributed by atoms with Gasteiger partial charge in [-0.25, -0.2) is 4.57 Å². The lowest BCUT2D eigenvalue weighted by Crippen LogP contribution is -2.31. The van der Waals surface area contributed by atoms with Crippen LogP contribution in [-0.2, 0) is 19.9 Å². The quantitative estimate of drug-likeness (QED) is 0.440. The topological polar surface area (TPSA) is 3.88 Å². The van der Waals surface area contributed by atoms with Crippen molar-refractivity contribution in [2.24, 2.45) is 12.5 Å². The van der Waals surface area contributed by atoms with E-state index in [1.165, 1.54) is 79.3 Å². The zero-order valence-corrected chi connectivity index (χ0v) is 17.9. The number of nitrogens with zero attached hydrogens (tertiary/aromatic N) is 1. The average molecular weight is 383 g/mol. The zero-order chi connectivity index (χ0) is 19.8. The molecule has 0 aliphatic heterocycles. The average Bonchev–Trinajstić information content (AvgIpc) is 2.75. The first-order chi connectivity index (χ1) is 14.1. The van der Waals surface area contributed by atoms with Crippen LogP contribution < -0.4 is 4.57 Å². The van der Waals surface area contributed by atoms with Crippen LogP contribution in [0.1, 0.15) is 55.2 Å². The van der Waals surface area contributed by atoms with Crippen LogP contribution in [0.25, 0.3) is 22.4 Å². The molecule has 1 fully saturated rings. The number of rotatable bonds is 2. The Balaban J connectivity index is 1.48. The predicted molar refractivity (Wildman–Crippen MR) is 121 cm³/mol. The molecule has 1 aromatic heterocycles. The predicted octanol–water partition coefficient (Wildman–Crippen LogP) is 6.59. The second kappa shape index (κ2) is 7.44. The van der Waals surface area contributed by atoms with Gasteiger partial charge < -0.3 is 0 Å². The summed E-state index contributed by atoms with van der Waals surface area (Å²) in [5.74, 6) is 0. The Labute approximate surface area is 175 Å². The molecule has 0 N–H and O–H groups in total. The molecular weight excluding hydrogens is 350 g/mol. The van der Waals surface area contributed by atoms with Gasteiger partial charge in [0.2, 0.25) is 5.69 Å². The third-order valence-electron chi connectivity index (χ3n) is 7.51. The maximum absolute atomic E-state index is 2.47. The van der Waals surface area contributed by atoms with E-state index in [2.05, 4.69) is 79.3 Å². The zero-order valence-electron chi connectivity index (χ0n) is 17.9. The smallest absolute Gasteiger partial charge is 0.201 e. The highest BCUT2D eigenvalue weighted by molar-refractivity contribution is 5.71. The number of hydrogen-bond donors (Lipinski definition) is 0. The summed E-state index contributed by atoms with van der Waals surface area (Å²) in [5, 5.41) is 0. The van der Waals surface area contributed by atoms with Gasteiger partial charge in [0.25, 0.3) is 0 Å². The highest BCUT2D eigenvalue weighted by atomic mass is 14.9. The molecule has 29 heavy (non-hydrogen) atoms. The Morgan fingerprint density at radius 3 is 2.41 bits per heavy atom. The van der Waals surface area contributed by atoms with Crippen LogP contribution in [0.15, 0.2) is 60.8 Å². The van der Waals surface area contributed by atoms with Crippen molar-refractivity contribution in [2.75, 3.05) is 0 Å². The highest BCUT2D eigenvalue weighted by Gasteiger charge is 2.35. The normalized spacial score (nSPS) is 17.9. The van der Waals surface area contributed by atoms with Crippen molar-refractivity contribution in [3.8, 4) is 22.4 Å². The SMILES string of the molecule is Cc1ccccc1-c1cc(-c2ccc3c(c2)CCC2(CCCCC2)C3)cc[n+]1C. The maximum atomic E-state index is 2.47. The lowest BCUT2D eigenvalue weighted by Gasteiger charge is -2.41. The van der Waals surface area contributed by atoms with Gasteiger partial charge in [-0.05, 0) is 78.3 Å². The summed E-state index contributed by atoms with van der Waals surface area (Å²) >= 11 is 0. The molecule has 2 aliphatic carbocycles. The lowest BCUT2D eigenvalue weighted by molar-refractivity contribution is -0.660. The molecule has 1 heteroatoms. The molecule has 1 spiro atoms. The van der Waals surface area contributed by atoms with Crippen molar-refractivity contribution in [2.45, 2.75) is 58.3 Å². The fourth-order valence-corrected chi connectivity index (χ4v) is 5.71. The van der Waals surface area contributed by atoms with Crippen LogP contribution in [0.5, 0.6) is 0 Å². The Morgan fingerprint density at radius 2 is 1.59 bits per heavy atom. The molecular formula is C28H32N+. The van der Waals surface area contributed by atoms with Gasteiger partial charge in [-0.2, -0.15) is 0 Å². The third-order valence-corrected chi connectivity index (χ3v) is 7.51. The minimum absolute atomic E-state index is 0.616. The first-order valence-electron chi connectivity index (χ1n) is 11.3. The Bertz CT molecular complexity index is 1040. The molecule has 2 aliphatic rings. The van der Waals surface area contributed by atoms with E-state index in [1.54, 1.807) is 11.1 Å². The minimum atomic E-state index is 0.616. The Hall–Kier alpha value is -2.41. The van der Waals surface area contributed by atoms with E-state index in [9.17, 15) is 0 Å². The molecule has 0 bridgehead atoms. The molecule has 2 aromatic carbocycles. The first-order valence-corrected chi connectivity index (χ1v) is 11.3. The van der Waals surface area contributed by atoms with Crippen molar-refractivity contribution >= 4 is 0 Å². The molecule has 1 saturated carbocycles. The summed E-state index contributed by atoms with van der Waals surface area (Å²) in [6.45, 7) is 2.20. The van der Waals surface area contributed by atoms with Gasteiger partial charge in [0.15, 0.2) is 6.20 Å². The standard InChI is InChI=1S/C28H32N/c1-21-8-4-5-9-26(21)27-19-24(13-17-29(27)2)22-10-11-25-20-28(14-6-3-7-15-28)16-12-23(25)18-22/h4-5,8-11,13,17-19H,3,6-7,12,14-16,20H2,1-2H3/q+1. The summed E-state index contributed by atoms with van der Waals surface area (Å²) in [6, 6.07) is 20.6. The first kappa shape index (κ1) is 18.6. The molecule has 0 amide bonds. The number of fused-ring (bicyclic) bond motifs is 1. The van der Waals surface area contributed by atoms with Crippen LogP contribution in [0.3, 0.4) is 0 Å². The second-order valence-electron chi connectivity index (χ2n) is 9.45. The summed E-state index contributed by atoms with van der Waals surface area (Å²) in [6.07, 6.45) is 13.4. The summed E-state index contributed by atoms with van der Waals surface area (Å²) in [7, 11) is 2.14. The van der Waals surface area contributed by atoms with Gasteiger partial charge in [0.1, 0.15) is 7.05 Å². The monoisotopic (exact) mass is 382 g/mol. The summed E-state index contributed by atoms with van der Waals surface area (Å²) in [5.41, 5.74) is 10.4. The van der Waals surface area contributed by atoms with Crippen LogP contribution in [0.2, 0.25) is 0 Å². The van der Waals surface area contributed by atoms with Crippen molar-refractivity contribution < 1.29 is 4.57 Å². The minimum Gasteiger partial charge on any atom is -0.201 e. The number of aromatic nitrogens is 1. The molecule has 0 saturated heterocycles. The van der Waals surface area contributed by atoms with Crippen LogP contribution in [0.4, 0.5) is 0 Å². The van der Waals surface area contributed by atoms with Gasteiger partial charge in [0.05, 0.1) is 0 Å². The maximum Gasteiger partial charge on any atom is 0.213 e. The van der Waals surface area contributed by atoms with E-state index in [0.717, 1.165) is 0 Å².